The summed E-state index contributed by atoms with van der Waals surface area (Å²) in [4.78, 5) is 14.4. The molecule has 4 nitrogen and oxygen atoms in total. The van der Waals surface area contributed by atoms with Crippen LogP contribution in [0.1, 0.15) is 11.1 Å². The Morgan fingerprint density at radius 2 is 2.00 bits per heavy atom. The number of para-hydroxylation sites is 1. The monoisotopic (exact) mass is 256 g/mol. The molecule has 0 spiro atoms. The molecule has 0 atom stereocenters. The van der Waals surface area contributed by atoms with Gasteiger partial charge in [0.25, 0.3) is 0 Å². The average molecular weight is 256 g/mol. The lowest BCUT2D eigenvalue weighted by Gasteiger charge is -2.01. The summed E-state index contributed by atoms with van der Waals surface area (Å²) in [5, 5.41) is 10.7. The summed E-state index contributed by atoms with van der Waals surface area (Å²) < 4.78 is 13.3. The van der Waals surface area contributed by atoms with E-state index in [2.05, 4.69) is 4.99 Å². The molecule has 2 aromatic carbocycles. The Kier molecular flexibility index (Phi) is 2.59. The molecule has 0 unspecified atom stereocenters. The summed E-state index contributed by atoms with van der Waals surface area (Å²) in [6.07, 6.45) is 0.610. The molecule has 1 heterocycles. The third kappa shape index (κ3) is 1.99. The van der Waals surface area contributed by atoms with Crippen molar-refractivity contribution in [3.63, 3.8) is 0 Å². The number of rotatable bonds is 2. The lowest BCUT2D eigenvalue weighted by molar-refractivity contribution is -0.387. The minimum atomic E-state index is -0.829. The predicted octanol–water partition coefficient (Wildman–Crippen LogP) is 3.41. The van der Waals surface area contributed by atoms with Gasteiger partial charge in [-0.2, -0.15) is 4.39 Å². The quantitative estimate of drug-likeness (QED) is 0.610. The molecule has 0 aromatic heterocycles. The number of hydrogen-bond donors (Lipinski definition) is 0. The summed E-state index contributed by atoms with van der Waals surface area (Å²) in [7, 11) is 0. The fraction of sp³-hybridized carbons (Fsp3) is 0.0714. The second-order valence-corrected chi connectivity index (χ2v) is 4.29. The van der Waals surface area contributed by atoms with Crippen LogP contribution >= 0.6 is 0 Å². The molecule has 0 bridgehead atoms. The van der Waals surface area contributed by atoms with Crippen LogP contribution in [0, 0.1) is 15.9 Å². The zero-order valence-corrected chi connectivity index (χ0v) is 9.84. The van der Waals surface area contributed by atoms with Crippen LogP contribution in [0.3, 0.4) is 0 Å². The highest BCUT2D eigenvalue weighted by Crippen LogP contribution is 2.29. The molecule has 0 aliphatic carbocycles. The SMILES string of the molecule is O=[N+]([O-])c1cc(C2=Nc3ccccc3C2)ccc1F. The van der Waals surface area contributed by atoms with Crippen LogP contribution in [0.15, 0.2) is 47.5 Å². The number of nitro groups is 1. The molecule has 1 aliphatic rings. The van der Waals surface area contributed by atoms with E-state index in [1.807, 2.05) is 24.3 Å². The van der Waals surface area contributed by atoms with Crippen molar-refractivity contribution in [3.8, 4) is 0 Å². The van der Waals surface area contributed by atoms with Crippen LogP contribution in [-0.4, -0.2) is 10.6 Å². The average Bonchev–Trinajstić information content (AvgIpc) is 2.82. The van der Waals surface area contributed by atoms with Crippen LogP contribution < -0.4 is 0 Å². The van der Waals surface area contributed by atoms with Gasteiger partial charge in [0.1, 0.15) is 0 Å². The number of fused-ring (bicyclic) bond motifs is 1. The van der Waals surface area contributed by atoms with Crippen molar-refractivity contribution in [2.75, 3.05) is 0 Å². The van der Waals surface area contributed by atoms with Crippen molar-refractivity contribution < 1.29 is 9.31 Å². The van der Waals surface area contributed by atoms with Crippen molar-refractivity contribution in [2.24, 2.45) is 4.99 Å². The van der Waals surface area contributed by atoms with Crippen LogP contribution in [0.4, 0.5) is 15.8 Å². The van der Waals surface area contributed by atoms with Crippen LogP contribution in [0.25, 0.3) is 0 Å². The second kappa shape index (κ2) is 4.28. The van der Waals surface area contributed by atoms with Crippen LogP contribution in [0.5, 0.6) is 0 Å². The highest BCUT2D eigenvalue weighted by molar-refractivity contribution is 6.06. The van der Waals surface area contributed by atoms with E-state index in [0.29, 0.717) is 12.0 Å². The molecular formula is C14H9FN2O2. The Morgan fingerprint density at radius 1 is 1.21 bits per heavy atom. The minimum absolute atomic E-state index is 0.517. The molecule has 5 heteroatoms. The van der Waals surface area contributed by atoms with E-state index in [0.717, 1.165) is 23.0 Å². The molecule has 0 fully saturated rings. The van der Waals surface area contributed by atoms with Gasteiger partial charge in [0.05, 0.1) is 16.3 Å². The molecule has 0 amide bonds. The lowest BCUT2D eigenvalue weighted by atomic mass is 10.0. The maximum Gasteiger partial charge on any atom is 0.305 e. The first-order valence-corrected chi connectivity index (χ1v) is 5.75. The van der Waals surface area contributed by atoms with Crippen molar-refractivity contribution >= 4 is 17.1 Å². The number of nitrogens with zero attached hydrogens (tertiary/aromatic N) is 2. The van der Waals surface area contributed by atoms with Crippen molar-refractivity contribution in [1.29, 1.82) is 0 Å². The summed E-state index contributed by atoms with van der Waals surface area (Å²) in [5.74, 6) is -0.829. The number of hydrogen-bond acceptors (Lipinski definition) is 3. The first-order chi connectivity index (χ1) is 9.15. The molecular weight excluding hydrogens is 247 g/mol. The Bertz CT molecular complexity index is 710. The zero-order chi connectivity index (χ0) is 13.4. The van der Waals surface area contributed by atoms with E-state index >= 15 is 0 Å². The molecule has 19 heavy (non-hydrogen) atoms. The van der Waals surface area contributed by atoms with Gasteiger partial charge in [-0.1, -0.05) is 18.2 Å². The van der Waals surface area contributed by atoms with E-state index in [-0.39, 0.29) is 0 Å². The molecule has 3 rings (SSSR count). The van der Waals surface area contributed by atoms with Gasteiger partial charge in [-0.15, -0.1) is 0 Å². The fourth-order valence-electron chi connectivity index (χ4n) is 2.13. The third-order valence-corrected chi connectivity index (χ3v) is 3.08. The zero-order valence-electron chi connectivity index (χ0n) is 9.84. The van der Waals surface area contributed by atoms with Gasteiger partial charge < -0.3 is 0 Å². The lowest BCUT2D eigenvalue weighted by Crippen LogP contribution is -2.02. The van der Waals surface area contributed by atoms with E-state index in [1.165, 1.54) is 12.1 Å². The first-order valence-electron chi connectivity index (χ1n) is 5.75. The second-order valence-electron chi connectivity index (χ2n) is 4.29. The van der Waals surface area contributed by atoms with Crippen molar-refractivity contribution in [2.45, 2.75) is 6.42 Å². The smallest absolute Gasteiger partial charge is 0.258 e. The Morgan fingerprint density at radius 3 is 2.74 bits per heavy atom. The minimum Gasteiger partial charge on any atom is -0.258 e. The molecule has 94 valence electrons. The summed E-state index contributed by atoms with van der Waals surface area (Å²) in [6, 6.07) is 11.5. The normalized spacial score (nSPS) is 13.0. The molecule has 0 saturated carbocycles. The van der Waals surface area contributed by atoms with Gasteiger partial charge in [-0.25, -0.2) is 0 Å². The number of halogens is 1. The van der Waals surface area contributed by atoms with Gasteiger partial charge in [0.2, 0.25) is 5.82 Å². The topological polar surface area (TPSA) is 55.5 Å². The van der Waals surface area contributed by atoms with Crippen molar-refractivity contribution in [3.05, 3.63) is 69.5 Å². The van der Waals surface area contributed by atoms with Gasteiger partial charge in [-0.3, -0.25) is 15.1 Å². The summed E-state index contributed by atoms with van der Waals surface area (Å²) in [5.41, 5.74) is 2.73. The maximum absolute atomic E-state index is 13.3. The third-order valence-electron chi connectivity index (χ3n) is 3.08. The molecule has 0 N–H and O–H groups in total. The highest BCUT2D eigenvalue weighted by Gasteiger charge is 2.20. The number of nitro benzene ring substituents is 1. The molecule has 0 saturated heterocycles. The highest BCUT2D eigenvalue weighted by atomic mass is 19.1. The van der Waals surface area contributed by atoms with Crippen LogP contribution in [0.2, 0.25) is 0 Å². The molecule has 0 radical (unpaired) electrons. The maximum atomic E-state index is 13.3. The van der Waals surface area contributed by atoms with Crippen molar-refractivity contribution in [1.82, 2.24) is 0 Å². The van der Waals surface area contributed by atoms with Crippen LogP contribution in [-0.2, 0) is 6.42 Å². The van der Waals surface area contributed by atoms with Gasteiger partial charge in [0.15, 0.2) is 0 Å². The van der Waals surface area contributed by atoms with E-state index in [9.17, 15) is 14.5 Å². The van der Waals surface area contributed by atoms with Gasteiger partial charge >= 0.3 is 5.69 Å². The summed E-state index contributed by atoms with van der Waals surface area (Å²) >= 11 is 0. The van der Waals surface area contributed by atoms with Gasteiger partial charge in [0, 0.05) is 18.1 Å². The molecule has 2 aromatic rings. The van der Waals surface area contributed by atoms with E-state index in [1.54, 1.807) is 0 Å². The Balaban J connectivity index is 2.02. The number of benzene rings is 2. The Labute approximate surface area is 108 Å². The fourth-order valence-corrected chi connectivity index (χ4v) is 2.13. The van der Waals surface area contributed by atoms with E-state index in [4.69, 9.17) is 0 Å². The predicted molar refractivity (Wildman–Crippen MR) is 69.4 cm³/mol. The molecule has 1 aliphatic heterocycles. The number of aliphatic imine (C=N–C) groups is 1. The first kappa shape index (κ1) is 11.5. The summed E-state index contributed by atoms with van der Waals surface area (Å²) in [6.45, 7) is 0. The largest absolute Gasteiger partial charge is 0.305 e. The Hall–Kier alpha value is -2.56. The van der Waals surface area contributed by atoms with Gasteiger partial charge in [-0.05, 0) is 23.8 Å². The van der Waals surface area contributed by atoms with E-state index < -0.39 is 16.4 Å². The standard InChI is InChI=1S/C14H9FN2O2/c15-11-6-5-10(8-14(11)17(18)19)13-7-9-3-1-2-4-12(9)16-13/h1-6,8H,7H2.